The fourth-order valence-electron chi connectivity index (χ4n) is 1.44. The molecule has 0 bridgehead atoms. The van der Waals surface area contributed by atoms with Gasteiger partial charge in [-0.1, -0.05) is 27.5 Å². The van der Waals surface area contributed by atoms with Gasteiger partial charge in [-0.25, -0.2) is 4.98 Å². The monoisotopic (exact) mass is 285 g/mol. The van der Waals surface area contributed by atoms with E-state index in [1.165, 1.54) is 0 Å². The maximum atomic E-state index is 6.06. The molecule has 15 heavy (non-hydrogen) atoms. The summed E-state index contributed by atoms with van der Waals surface area (Å²) in [5.74, 6) is 0.824. The van der Waals surface area contributed by atoms with E-state index in [1.807, 2.05) is 24.3 Å². The number of hydrogen-bond acceptors (Lipinski definition) is 2. The van der Waals surface area contributed by atoms with Crippen molar-refractivity contribution < 1.29 is 4.74 Å². The molecule has 0 fully saturated rings. The highest BCUT2D eigenvalue weighted by molar-refractivity contribution is 9.08. The van der Waals surface area contributed by atoms with Crippen LogP contribution in [0.3, 0.4) is 0 Å². The predicted molar refractivity (Wildman–Crippen MR) is 65.9 cm³/mol. The second kappa shape index (κ2) is 4.37. The number of ether oxygens (including phenoxy) is 1. The molecule has 0 spiro atoms. The maximum Gasteiger partial charge on any atom is 0.137 e. The summed E-state index contributed by atoms with van der Waals surface area (Å²) < 4.78 is 5.16. The SMILES string of the molecule is COc1ccc2c(Cl)nc(CBr)cc2c1. The molecule has 0 aliphatic rings. The first-order valence-corrected chi connectivity index (χ1v) is 5.93. The number of benzene rings is 1. The molecule has 0 saturated heterocycles. The molecule has 1 aromatic carbocycles. The molecule has 0 N–H and O–H groups in total. The summed E-state index contributed by atoms with van der Waals surface area (Å²) in [6.45, 7) is 0. The minimum absolute atomic E-state index is 0.532. The zero-order valence-electron chi connectivity index (χ0n) is 8.13. The molecular formula is C11H9BrClNO. The third-order valence-electron chi connectivity index (χ3n) is 2.18. The number of hydrogen-bond donors (Lipinski definition) is 0. The lowest BCUT2D eigenvalue weighted by atomic mass is 10.1. The van der Waals surface area contributed by atoms with E-state index in [2.05, 4.69) is 20.9 Å². The van der Waals surface area contributed by atoms with Crippen molar-refractivity contribution in [2.45, 2.75) is 5.33 Å². The third-order valence-corrected chi connectivity index (χ3v) is 3.04. The highest BCUT2D eigenvalue weighted by Gasteiger charge is 2.04. The van der Waals surface area contributed by atoms with E-state index in [-0.39, 0.29) is 0 Å². The Morgan fingerprint density at radius 1 is 1.40 bits per heavy atom. The van der Waals surface area contributed by atoms with E-state index in [0.29, 0.717) is 10.5 Å². The highest BCUT2D eigenvalue weighted by Crippen LogP contribution is 2.26. The number of alkyl halides is 1. The third kappa shape index (κ3) is 2.08. The molecule has 0 amide bonds. The number of methoxy groups -OCH3 is 1. The number of fused-ring (bicyclic) bond motifs is 1. The van der Waals surface area contributed by atoms with Crippen LogP contribution in [-0.4, -0.2) is 12.1 Å². The molecule has 0 unspecified atom stereocenters. The number of pyridine rings is 1. The Hall–Kier alpha value is -0.800. The Balaban J connectivity index is 2.69. The first-order valence-electron chi connectivity index (χ1n) is 4.43. The van der Waals surface area contributed by atoms with Gasteiger partial charge in [0.1, 0.15) is 10.9 Å². The maximum absolute atomic E-state index is 6.06. The van der Waals surface area contributed by atoms with Gasteiger partial charge in [-0.15, -0.1) is 0 Å². The Bertz CT molecular complexity index is 496. The summed E-state index contributed by atoms with van der Waals surface area (Å²) in [6.07, 6.45) is 0. The molecule has 78 valence electrons. The Kier molecular flexibility index (Phi) is 3.12. The van der Waals surface area contributed by atoms with Gasteiger partial charge in [-0.05, 0) is 29.7 Å². The molecule has 4 heteroatoms. The van der Waals surface area contributed by atoms with E-state index >= 15 is 0 Å². The normalized spacial score (nSPS) is 10.6. The smallest absolute Gasteiger partial charge is 0.137 e. The van der Waals surface area contributed by atoms with Crippen molar-refractivity contribution in [1.29, 1.82) is 0 Å². The van der Waals surface area contributed by atoms with E-state index in [0.717, 1.165) is 22.2 Å². The zero-order chi connectivity index (χ0) is 10.8. The standard InChI is InChI=1S/C11H9BrClNO/c1-15-9-2-3-10-7(5-9)4-8(6-12)14-11(10)13/h2-5H,6H2,1H3. The van der Waals surface area contributed by atoms with Gasteiger partial charge in [0.2, 0.25) is 0 Å². The molecule has 2 aromatic rings. The summed E-state index contributed by atoms with van der Waals surface area (Å²) in [5, 5.41) is 3.22. The molecule has 0 aliphatic heterocycles. The Morgan fingerprint density at radius 3 is 2.87 bits per heavy atom. The van der Waals surface area contributed by atoms with Crippen LogP contribution < -0.4 is 4.74 Å². The molecule has 0 aliphatic carbocycles. The molecule has 0 radical (unpaired) electrons. The lowest BCUT2D eigenvalue weighted by Gasteiger charge is -2.05. The fraction of sp³-hybridized carbons (Fsp3) is 0.182. The van der Waals surface area contributed by atoms with Gasteiger partial charge < -0.3 is 4.74 Å². The number of nitrogens with zero attached hydrogens (tertiary/aromatic N) is 1. The minimum atomic E-state index is 0.532. The average molecular weight is 287 g/mol. The quantitative estimate of drug-likeness (QED) is 0.619. The lowest BCUT2D eigenvalue weighted by molar-refractivity contribution is 0.415. The van der Waals surface area contributed by atoms with Crippen molar-refractivity contribution in [2.75, 3.05) is 7.11 Å². The molecule has 2 rings (SSSR count). The van der Waals surface area contributed by atoms with Crippen LogP contribution in [0.1, 0.15) is 5.69 Å². The van der Waals surface area contributed by atoms with Gasteiger partial charge in [-0.2, -0.15) is 0 Å². The molecule has 1 aromatic heterocycles. The first-order chi connectivity index (χ1) is 7.24. The molecule has 1 heterocycles. The predicted octanol–water partition coefficient (Wildman–Crippen LogP) is 3.79. The van der Waals surface area contributed by atoms with Crippen LogP contribution in [0.25, 0.3) is 10.8 Å². The van der Waals surface area contributed by atoms with Gasteiger partial charge in [0.05, 0.1) is 12.8 Å². The van der Waals surface area contributed by atoms with Crippen molar-refractivity contribution in [3.63, 3.8) is 0 Å². The van der Waals surface area contributed by atoms with Crippen LogP contribution in [-0.2, 0) is 5.33 Å². The topological polar surface area (TPSA) is 22.1 Å². The fourth-order valence-corrected chi connectivity index (χ4v) is 2.01. The van der Waals surface area contributed by atoms with Crippen LogP contribution in [0.5, 0.6) is 5.75 Å². The van der Waals surface area contributed by atoms with Crippen molar-refractivity contribution in [1.82, 2.24) is 4.98 Å². The molecule has 0 saturated carbocycles. The van der Waals surface area contributed by atoms with Crippen LogP contribution in [0.2, 0.25) is 5.15 Å². The Labute approximate surface area is 101 Å². The first kappa shape index (κ1) is 10.7. The van der Waals surface area contributed by atoms with Crippen molar-refractivity contribution in [2.24, 2.45) is 0 Å². The Morgan fingerprint density at radius 2 is 2.20 bits per heavy atom. The largest absolute Gasteiger partial charge is 0.497 e. The number of rotatable bonds is 2. The molecule has 2 nitrogen and oxygen atoms in total. The summed E-state index contributed by atoms with van der Waals surface area (Å²) >= 11 is 9.42. The summed E-state index contributed by atoms with van der Waals surface area (Å²) in [7, 11) is 1.65. The van der Waals surface area contributed by atoms with Gasteiger partial charge in [0.15, 0.2) is 0 Å². The summed E-state index contributed by atoms with van der Waals surface area (Å²) in [4.78, 5) is 4.25. The van der Waals surface area contributed by atoms with Gasteiger partial charge >= 0.3 is 0 Å². The summed E-state index contributed by atoms with van der Waals surface area (Å²) in [6, 6.07) is 7.75. The van der Waals surface area contributed by atoms with Crippen molar-refractivity contribution in [3.05, 3.63) is 35.1 Å². The van der Waals surface area contributed by atoms with Crippen LogP contribution in [0.4, 0.5) is 0 Å². The van der Waals surface area contributed by atoms with Gasteiger partial charge in [-0.3, -0.25) is 0 Å². The highest BCUT2D eigenvalue weighted by atomic mass is 79.9. The second-order valence-electron chi connectivity index (χ2n) is 3.13. The van der Waals surface area contributed by atoms with E-state index in [9.17, 15) is 0 Å². The van der Waals surface area contributed by atoms with Gasteiger partial charge in [0, 0.05) is 10.7 Å². The second-order valence-corrected chi connectivity index (χ2v) is 4.04. The van der Waals surface area contributed by atoms with Crippen LogP contribution >= 0.6 is 27.5 Å². The van der Waals surface area contributed by atoms with Gasteiger partial charge in [0.25, 0.3) is 0 Å². The van der Waals surface area contributed by atoms with Crippen molar-refractivity contribution >= 4 is 38.3 Å². The van der Waals surface area contributed by atoms with E-state index < -0.39 is 0 Å². The number of aromatic nitrogens is 1. The van der Waals surface area contributed by atoms with E-state index in [1.54, 1.807) is 7.11 Å². The van der Waals surface area contributed by atoms with Crippen LogP contribution in [0.15, 0.2) is 24.3 Å². The number of halogens is 2. The lowest BCUT2D eigenvalue weighted by Crippen LogP contribution is -1.88. The van der Waals surface area contributed by atoms with Crippen LogP contribution in [0, 0.1) is 0 Å². The zero-order valence-corrected chi connectivity index (χ0v) is 10.5. The molecular weight excluding hydrogens is 277 g/mol. The van der Waals surface area contributed by atoms with E-state index in [4.69, 9.17) is 16.3 Å². The molecule has 0 atom stereocenters. The summed E-state index contributed by atoms with van der Waals surface area (Å²) in [5.41, 5.74) is 0.917. The average Bonchev–Trinajstić information content (AvgIpc) is 2.28. The minimum Gasteiger partial charge on any atom is -0.497 e. The van der Waals surface area contributed by atoms with Crippen molar-refractivity contribution in [3.8, 4) is 5.75 Å².